The van der Waals surface area contributed by atoms with Gasteiger partial charge in [0, 0.05) is 5.56 Å². The second-order valence-corrected chi connectivity index (χ2v) is 5.57. The Bertz CT molecular complexity index is 919. The van der Waals surface area contributed by atoms with Crippen LogP contribution < -0.4 is 4.74 Å². The van der Waals surface area contributed by atoms with Crippen LogP contribution in [0.2, 0.25) is 0 Å². The highest BCUT2D eigenvalue weighted by molar-refractivity contribution is 6.40. The molecule has 0 bridgehead atoms. The summed E-state index contributed by atoms with van der Waals surface area (Å²) < 4.78 is 79.6. The van der Waals surface area contributed by atoms with Gasteiger partial charge in [0.25, 0.3) is 5.78 Å². The molecule has 2 rings (SSSR count). The van der Waals surface area contributed by atoms with Crippen molar-refractivity contribution in [2.75, 3.05) is 19.8 Å². The molecule has 2 aromatic carbocycles. The first-order chi connectivity index (χ1) is 14.2. The van der Waals surface area contributed by atoms with Gasteiger partial charge in [0.1, 0.15) is 6.61 Å². The zero-order valence-electron chi connectivity index (χ0n) is 15.1. The predicted molar refractivity (Wildman–Crippen MR) is 89.0 cm³/mol. The summed E-state index contributed by atoms with van der Waals surface area (Å²) in [7, 11) is 0. The van der Waals surface area contributed by atoms with Gasteiger partial charge in [-0.05, 0) is 0 Å². The molecular weight excluding hydrogens is 419 g/mol. The van der Waals surface area contributed by atoms with E-state index in [9.17, 15) is 36.3 Å². The number of carbonyl (C=O) groups excluding carboxylic acids is 3. The summed E-state index contributed by atoms with van der Waals surface area (Å²) in [6.45, 7) is -0.938. The molecule has 0 unspecified atom stereocenters. The van der Waals surface area contributed by atoms with E-state index in [1.807, 2.05) is 0 Å². The molecule has 30 heavy (non-hydrogen) atoms. The Kier molecular flexibility index (Phi) is 7.98. The van der Waals surface area contributed by atoms with Crippen LogP contribution in [0.25, 0.3) is 0 Å². The third-order valence-corrected chi connectivity index (χ3v) is 3.52. The number of ketones is 1. The molecule has 11 heteroatoms. The number of hydrogen-bond donors (Lipinski definition) is 0. The molecule has 0 aromatic heterocycles. The van der Waals surface area contributed by atoms with Gasteiger partial charge >= 0.3 is 11.9 Å². The zero-order valence-corrected chi connectivity index (χ0v) is 15.1. The number of halogens is 5. The largest absolute Gasteiger partial charge is 0.457 e. The number of esters is 2. The topological polar surface area (TPSA) is 78.9 Å². The molecule has 0 spiro atoms. The first kappa shape index (κ1) is 22.9. The Morgan fingerprint density at radius 2 is 1.30 bits per heavy atom. The van der Waals surface area contributed by atoms with Gasteiger partial charge in [-0.1, -0.05) is 30.3 Å². The zero-order chi connectivity index (χ0) is 22.3. The Morgan fingerprint density at radius 1 is 0.733 bits per heavy atom. The van der Waals surface area contributed by atoms with Crippen molar-refractivity contribution in [3.63, 3.8) is 0 Å². The van der Waals surface area contributed by atoms with Crippen LogP contribution >= 0.6 is 0 Å². The Morgan fingerprint density at radius 3 is 1.90 bits per heavy atom. The van der Waals surface area contributed by atoms with Crippen molar-refractivity contribution in [3.05, 3.63) is 65.0 Å². The summed E-state index contributed by atoms with van der Waals surface area (Å²) in [5.41, 5.74) is 0.138. The molecule has 0 heterocycles. The highest BCUT2D eigenvalue weighted by atomic mass is 19.2. The van der Waals surface area contributed by atoms with Gasteiger partial charge in [0.15, 0.2) is 0 Å². The number of hydrogen-bond acceptors (Lipinski definition) is 6. The van der Waals surface area contributed by atoms with Crippen molar-refractivity contribution in [2.24, 2.45) is 0 Å². The highest BCUT2D eigenvalue weighted by Crippen LogP contribution is 2.29. The lowest BCUT2D eigenvalue weighted by molar-refractivity contribution is -0.141. The van der Waals surface area contributed by atoms with E-state index in [-0.39, 0.29) is 25.4 Å². The minimum Gasteiger partial charge on any atom is -0.457 e. The van der Waals surface area contributed by atoms with Crippen LogP contribution in [0.3, 0.4) is 0 Å². The van der Waals surface area contributed by atoms with Crippen molar-refractivity contribution in [1.29, 1.82) is 0 Å². The highest BCUT2D eigenvalue weighted by Gasteiger charge is 2.28. The van der Waals surface area contributed by atoms with Gasteiger partial charge in [-0.25, -0.2) is 18.0 Å². The Hall–Kier alpha value is -3.34. The standard InChI is InChI=1S/C19H13F5O6/c20-12-13(21)15(23)18(16(24)14(12)22)30-11(25)6-7-28-8-9-29-19(27)17(26)10-4-2-1-3-5-10/h1-5H,6-9H2. The quantitative estimate of drug-likeness (QED) is 0.0886. The molecule has 160 valence electrons. The molecule has 0 radical (unpaired) electrons. The minimum atomic E-state index is -2.38. The molecule has 0 aliphatic carbocycles. The summed E-state index contributed by atoms with van der Waals surface area (Å²) in [5.74, 6) is -16.5. The minimum absolute atomic E-state index is 0.138. The fourth-order valence-electron chi connectivity index (χ4n) is 2.06. The summed E-state index contributed by atoms with van der Waals surface area (Å²) in [6, 6.07) is 7.64. The van der Waals surface area contributed by atoms with E-state index >= 15 is 0 Å². The van der Waals surface area contributed by atoms with E-state index in [4.69, 9.17) is 4.74 Å². The monoisotopic (exact) mass is 432 g/mol. The van der Waals surface area contributed by atoms with Crippen LogP contribution in [-0.2, 0) is 19.1 Å². The van der Waals surface area contributed by atoms with Crippen molar-refractivity contribution in [3.8, 4) is 5.75 Å². The molecule has 0 N–H and O–H groups in total. The van der Waals surface area contributed by atoms with Crippen LogP contribution in [0, 0.1) is 29.1 Å². The lowest BCUT2D eigenvalue weighted by atomic mass is 10.1. The summed E-state index contributed by atoms with van der Waals surface area (Å²) >= 11 is 0. The maximum absolute atomic E-state index is 13.4. The van der Waals surface area contributed by atoms with Gasteiger partial charge in [-0.3, -0.25) is 9.59 Å². The molecule has 0 amide bonds. The van der Waals surface area contributed by atoms with Gasteiger partial charge in [-0.15, -0.1) is 0 Å². The van der Waals surface area contributed by atoms with Gasteiger partial charge in [-0.2, -0.15) is 8.78 Å². The molecule has 0 aliphatic heterocycles. The first-order valence-corrected chi connectivity index (χ1v) is 8.30. The summed E-state index contributed by atoms with van der Waals surface area (Å²) in [5, 5.41) is 0. The molecule has 0 saturated carbocycles. The first-order valence-electron chi connectivity index (χ1n) is 8.30. The van der Waals surface area contributed by atoms with E-state index in [0.29, 0.717) is 0 Å². The van der Waals surface area contributed by atoms with Crippen molar-refractivity contribution < 1.29 is 50.5 Å². The lowest BCUT2D eigenvalue weighted by Gasteiger charge is -2.09. The molecule has 6 nitrogen and oxygen atoms in total. The smallest absolute Gasteiger partial charge is 0.379 e. The second-order valence-electron chi connectivity index (χ2n) is 5.57. The number of benzene rings is 2. The predicted octanol–water partition coefficient (Wildman–Crippen LogP) is 3.12. The summed E-state index contributed by atoms with van der Waals surface area (Å²) in [4.78, 5) is 34.8. The Balaban J connectivity index is 1.72. The van der Waals surface area contributed by atoms with Gasteiger partial charge in [0.05, 0.1) is 19.6 Å². The second kappa shape index (κ2) is 10.4. The summed E-state index contributed by atoms with van der Waals surface area (Å²) in [6.07, 6.45) is -0.601. The van der Waals surface area contributed by atoms with Crippen LogP contribution in [0.4, 0.5) is 22.0 Å². The van der Waals surface area contributed by atoms with Crippen LogP contribution in [0.15, 0.2) is 30.3 Å². The van der Waals surface area contributed by atoms with Crippen molar-refractivity contribution in [2.45, 2.75) is 6.42 Å². The average Bonchev–Trinajstić information content (AvgIpc) is 2.76. The molecule has 0 fully saturated rings. The maximum atomic E-state index is 13.4. The fourth-order valence-corrected chi connectivity index (χ4v) is 2.06. The van der Waals surface area contributed by atoms with E-state index in [2.05, 4.69) is 9.47 Å². The average molecular weight is 432 g/mol. The van der Waals surface area contributed by atoms with E-state index < -0.39 is 59.0 Å². The van der Waals surface area contributed by atoms with Crippen molar-refractivity contribution >= 4 is 17.7 Å². The fraction of sp³-hybridized carbons (Fsp3) is 0.211. The number of carbonyl (C=O) groups is 3. The maximum Gasteiger partial charge on any atom is 0.379 e. The van der Waals surface area contributed by atoms with Gasteiger partial charge < -0.3 is 14.2 Å². The lowest BCUT2D eigenvalue weighted by Crippen LogP contribution is -2.20. The molecular formula is C19H13F5O6. The van der Waals surface area contributed by atoms with Gasteiger partial charge in [0.2, 0.25) is 34.8 Å². The number of Topliss-reactive ketones (excluding diaryl/α,β-unsaturated/α-hetero) is 1. The van der Waals surface area contributed by atoms with Crippen molar-refractivity contribution in [1.82, 2.24) is 0 Å². The normalized spacial score (nSPS) is 10.6. The SMILES string of the molecule is O=C(CCOCCOC(=O)C(=O)c1ccccc1)Oc1c(F)c(F)c(F)c(F)c1F. The molecule has 0 atom stereocenters. The number of rotatable bonds is 9. The molecule has 0 aliphatic rings. The third-order valence-electron chi connectivity index (χ3n) is 3.52. The third kappa shape index (κ3) is 5.60. The molecule has 2 aromatic rings. The van der Waals surface area contributed by atoms with E-state index in [1.54, 1.807) is 18.2 Å². The van der Waals surface area contributed by atoms with Crippen LogP contribution in [-0.4, -0.2) is 37.5 Å². The molecule has 0 saturated heterocycles. The van der Waals surface area contributed by atoms with Crippen LogP contribution in [0.1, 0.15) is 16.8 Å². The van der Waals surface area contributed by atoms with E-state index in [0.717, 1.165) is 0 Å². The Labute approximate surface area is 166 Å². The van der Waals surface area contributed by atoms with Crippen LogP contribution in [0.5, 0.6) is 5.75 Å². The van der Waals surface area contributed by atoms with E-state index in [1.165, 1.54) is 12.1 Å². The number of ether oxygens (including phenoxy) is 3.